The van der Waals surface area contributed by atoms with Gasteiger partial charge < -0.3 is 14.2 Å². The molecule has 0 spiro atoms. The van der Waals surface area contributed by atoms with Crippen molar-refractivity contribution in [2.45, 2.75) is 97.2 Å². The van der Waals surface area contributed by atoms with E-state index in [1.807, 2.05) is 0 Å². The van der Waals surface area contributed by atoms with E-state index in [2.05, 4.69) is 18.7 Å². The highest BCUT2D eigenvalue weighted by Gasteiger charge is 2.13. The van der Waals surface area contributed by atoms with Gasteiger partial charge in [-0.05, 0) is 12.8 Å². The van der Waals surface area contributed by atoms with Crippen LogP contribution in [0, 0.1) is 0 Å². The first-order valence-corrected chi connectivity index (χ1v) is 10.4. The molecule has 160 valence electrons. The maximum atomic E-state index is 11.6. The van der Waals surface area contributed by atoms with Crippen LogP contribution >= 0.6 is 0 Å². The average Bonchev–Trinajstić information content (AvgIpc) is 2.67. The van der Waals surface area contributed by atoms with Gasteiger partial charge in [0.15, 0.2) is 0 Å². The number of hydrogen-bond donors (Lipinski definition) is 1. The van der Waals surface area contributed by atoms with Crippen molar-refractivity contribution in [3.63, 3.8) is 0 Å². The van der Waals surface area contributed by atoms with Crippen molar-refractivity contribution < 1.29 is 33.9 Å². The average molecular weight is 391 g/mol. The molecule has 0 aromatic rings. The first kappa shape index (κ1) is 25.8. The van der Waals surface area contributed by atoms with Crippen molar-refractivity contribution in [1.29, 1.82) is 0 Å². The lowest BCUT2D eigenvalue weighted by molar-refractivity contribution is -0.353. The van der Waals surface area contributed by atoms with Crippen LogP contribution in [-0.4, -0.2) is 43.3 Å². The van der Waals surface area contributed by atoms with Crippen molar-refractivity contribution in [3.8, 4) is 0 Å². The minimum absolute atomic E-state index is 0.0569. The lowest BCUT2D eigenvalue weighted by Crippen LogP contribution is -2.26. The van der Waals surface area contributed by atoms with E-state index in [0.717, 1.165) is 44.9 Å². The summed E-state index contributed by atoms with van der Waals surface area (Å²) in [6.07, 6.45) is 10.3. The number of hydrogen-bond acceptors (Lipinski definition) is 7. The van der Waals surface area contributed by atoms with Gasteiger partial charge in [0.05, 0.1) is 6.61 Å². The van der Waals surface area contributed by atoms with Gasteiger partial charge in [-0.3, -0.25) is 9.59 Å². The van der Waals surface area contributed by atoms with E-state index in [4.69, 9.17) is 19.5 Å². The Morgan fingerprint density at radius 2 is 1.26 bits per heavy atom. The fraction of sp³-hybridized carbons (Fsp3) is 0.900. The molecule has 0 aliphatic heterocycles. The van der Waals surface area contributed by atoms with Crippen LogP contribution in [0.2, 0.25) is 0 Å². The molecular formula is C20H38O7. The van der Waals surface area contributed by atoms with Crippen molar-refractivity contribution >= 4 is 11.9 Å². The van der Waals surface area contributed by atoms with Gasteiger partial charge in [0.2, 0.25) is 6.29 Å². The molecule has 1 unspecified atom stereocenters. The van der Waals surface area contributed by atoms with Crippen LogP contribution in [0.5, 0.6) is 0 Å². The van der Waals surface area contributed by atoms with Crippen LogP contribution in [0.4, 0.5) is 0 Å². The molecule has 7 heteroatoms. The number of ether oxygens (including phenoxy) is 3. The maximum absolute atomic E-state index is 11.6. The lowest BCUT2D eigenvalue weighted by atomic mass is 10.1. The molecule has 0 aromatic carbocycles. The fourth-order valence-corrected chi connectivity index (χ4v) is 2.50. The van der Waals surface area contributed by atoms with E-state index in [-0.39, 0.29) is 31.8 Å². The molecule has 0 radical (unpaired) electrons. The molecule has 0 saturated carbocycles. The highest BCUT2D eigenvalue weighted by molar-refractivity contribution is 5.69. The summed E-state index contributed by atoms with van der Waals surface area (Å²) in [4.78, 5) is 27.3. The summed E-state index contributed by atoms with van der Waals surface area (Å²) in [5, 5.41) is 8.78. The molecule has 7 nitrogen and oxygen atoms in total. The van der Waals surface area contributed by atoms with Gasteiger partial charge in [0.1, 0.15) is 13.2 Å². The standard InChI is InChI=1S/C20H38O7/c1-3-5-7-9-11-13-18(21)24-15-16-25-20(27-23)17-26-19(22)14-12-10-8-6-4-2/h20,23H,3-17H2,1-2H3. The highest BCUT2D eigenvalue weighted by atomic mass is 17.1. The van der Waals surface area contributed by atoms with Crippen molar-refractivity contribution in [2.24, 2.45) is 0 Å². The van der Waals surface area contributed by atoms with Crippen LogP contribution in [0.15, 0.2) is 0 Å². The lowest BCUT2D eigenvalue weighted by Gasteiger charge is -2.14. The minimum atomic E-state index is -1.08. The molecular weight excluding hydrogens is 352 g/mol. The molecule has 0 aliphatic rings. The zero-order valence-electron chi connectivity index (χ0n) is 17.1. The zero-order chi connectivity index (χ0) is 20.2. The van der Waals surface area contributed by atoms with Crippen LogP contribution in [0.25, 0.3) is 0 Å². The monoisotopic (exact) mass is 390 g/mol. The molecule has 0 fully saturated rings. The number of rotatable bonds is 19. The highest BCUT2D eigenvalue weighted by Crippen LogP contribution is 2.07. The Balaban J connectivity index is 3.62. The Bertz CT molecular complexity index is 360. The van der Waals surface area contributed by atoms with Crippen molar-refractivity contribution in [2.75, 3.05) is 19.8 Å². The third kappa shape index (κ3) is 18.0. The molecule has 0 aliphatic carbocycles. The number of carbonyl (C=O) groups excluding carboxylic acids is 2. The number of esters is 2. The number of carbonyl (C=O) groups is 2. The molecule has 0 aromatic heterocycles. The SMILES string of the molecule is CCCCCCCC(=O)OCCOC(COC(=O)CCCCCCC)OO. The minimum Gasteiger partial charge on any atom is -0.463 e. The van der Waals surface area contributed by atoms with E-state index in [1.54, 1.807) is 0 Å². The first-order valence-electron chi connectivity index (χ1n) is 10.4. The number of unbranched alkanes of at least 4 members (excludes halogenated alkanes) is 8. The summed E-state index contributed by atoms with van der Waals surface area (Å²) in [7, 11) is 0. The predicted octanol–water partition coefficient (Wildman–Crippen LogP) is 4.63. The van der Waals surface area contributed by atoms with Gasteiger partial charge in [-0.15, -0.1) is 0 Å². The van der Waals surface area contributed by atoms with Crippen LogP contribution in [-0.2, 0) is 28.7 Å². The Morgan fingerprint density at radius 3 is 1.78 bits per heavy atom. The molecule has 0 saturated heterocycles. The molecule has 1 atom stereocenters. The third-order valence-electron chi connectivity index (χ3n) is 4.12. The molecule has 0 bridgehead atoms. The largest absolute Gasteiger partial charge is 0.463 e. The van der Waals surface area contributed by atoms with Crippen LogP contribution in [0.3, 0.4) is 0 Å². The van der Waals surface area contributed by atoms with Crippen LogP contribution in [0.1, 0.15) is 90.9 Å². The quantitative estimate of drug-likeness (QED) is 0.113. The van der Waals surface area contributed by atoms with E-state index < -0.39 is 6.29 Å². The summed E-state index contributed by atoms with van der Waals surface area (Å²) >= 11 is 0. The summed E-state index contributed by atoms with van der Waals surface area (Å²) < 4.78 is 15.2. The smallest absolute Gasteiger partial charge is 0.305 e. The predicted molar refractivity (Wildman–Crippen MR) is 102 cm³/mol. The van der Waals surface area contributed by atoms with Crippen LogP contribution < -0.4 is 0 Å². The fourth-order valence-electron chi connectivity index (χ4n) is 2.50. The summed E-state index contributed by atoms with van der Waals surface area (Å²) in [6, 6.07) is 0. The van der Waals surface area contributed by atoms with Gasteiger partial charge in [-0.25, -0.2) is 10.1 Å². The molecule has 0 amide bonds. The Kier molecular flexibility index (Phi) is 18.7. The second-order valence-electron chi connectivity index (χ2n) is 6.64. The third-order valence-corrected chi connectivity index (χ3v) is 4.12. The van der Waals surface area contributed by atoms with E-state index in [1.165, 1.54) is 19.3 Å². The topological polar surface area (TPSA) is 91.3 Å². The van der Waals surface area contributed by atoms with Crippen molar-refractivity contribution in [1.82, 2.24) is 0 Å². The van der Waals surface area contributed by atoms with Gasteiger partial charge in [-0.1, -0.05) is 65.2 Å². The zero-order valence-corrected chi connectivity index (χ0v) is 17.1. The van der Waals surface area contributed by atoms with Gasteiger partial charge in [-0.2, -0.15) is 0 Å². The van der Waals surface area contributed by atoms with E-state index >= 15 is 0 Å². The Morgan fingerprint density at radius 1 is 0.741 bits per heavy atom. The second-order valence-corrected chi connectivity index (χ2v) is 6.64. The summed E-state index contributed by atoms with van der Waals surface area (Å²) in [6.45, 7) is 4.21. The molecule has 0 heterocycles. The summed E-state index contributed by atoms with van der Waals surface area (Å²) in [5.41, 5.74) is 0. The normalized spacial score (nSPS) is 12.0. The first-order chi connectivity index (χ1) is 13.1. The molecule has 27 heavy (non-hydrogen) atoms. The van der Waals surface area contributed by atoms with E-state index in [0.29, 0.717) is 12.8 Å². The second kappa shape index (κ2) is 19.6. The van der Waals surface area contributed by atoms with Gasteiger partial charge >= 0.3 is 11.9 Å². The maximum Gasteiger partial charge on any atom is 0.305 e. The Hall–Kier alpha value is -1.18. The van der Waals surface area contributed by atoms with Gasteiger partial charge in [0.25, 0.3) is 0 Å². The van der Waals surface area contributed by atoms with Crippen molar-refractivity contribution in [3.05, 3.63) is 0 Å². The van der Waals surface area contributed by atoms with E-state index in [9.17, 15) is 9.59 Å². The molecule has 1 N–H and O–H groups in total. The Labute approximate surface area is 163 Å². The van der Waals surface area contributed by atoms with Gasteiger partial charge in [0, 0.05) is 12.8 Å². The summed E-state index contributed by atoms with van der Waals surface area (Å²) in [5.74, 6) is -0.599. The molecule has 0 rings (SSSR count).